The highest BCUT2D eigenvalue weighted by molar-refractivity contribution is 6.00. The quantitative estimate of drug-likeness (QED) is 0.834. The molecular formula is C16H26N2O2. The molecule has 1 unspecified atom stereocenters. The van der Waals surface area contributed by atoms with E-state index in [0.29, 0.717) is 13.2 Å². The maximum absolute atomic E-state index is 12.8. The summed E-state index contributed by atoms with van der Waals surface area (Å²) in [6, 6.07) is 6.00. The third-order valence-corrected chi connectivity index (χ3v) is 3.31. The Kier molecular flexibility index (Phi) is 6.52. The fourth-order valence-electron chi connectivity index (χ4n) is 2.32. The number of anilines is 1. The van der Waals surface area contributed by atoms with E-state index >= 15 is 0 Å². The molecule has 1 rings (SSSR count). The molecule has 4 heteroatoms. The minimum Gasteiger partial charge on any atom is -0.385 e. The van der Waals surface area contributed by atoms with Crippen molar-refractivity contribution in [1.82, 2.24) is 4.90 Å². The van der Waals surface area contributed by atoms with Gasteiger partial charge >= 0.3 is 0 Å². The predicted molar refractivity (Wildman–Crippen MR) is 83.4 cm³/mol. The van der Waals surface area contributed by atoms with E-state index in [-0.39, 0.29) is 11.9 Å². The van der Waals surface area contributed by atoms with Crippen molar-refractivity contribution in [3.05, 3.63) is 29.3 Å². The Hall–Kier alpha value is -1.55. The highest BCUT2D eigenvalue weighted by atomic mass is 16.5. The largest absolute Gasteiger partial charge is 0.385 e. The normalized spacial score (nSPS) is 12.1. The lowest BCUT2D eigenvalue weighted by Gasteiger charge is -2.28. The zero-order valence-corrected chi connectivity index (χ0v) is 13.2. The van der Waals surface area contributed by atoms with Gasteiger partial charge in [-0.25, -0.2) is 0 Å². The number of nitrogens with one attached hydrogen (secondary N) is 1. The average Bonchev–Trinajstić information content (AvgIpc) is 2.42. The number of ether oxygens (including phenoxy) is 1. The third kappa shape index (κ3) is 3.97. The van der Waals surface area contributed by atoms with Crippen LogP contribution in [-0.2, 0) is 4.74 Å². The van der Waals surface area contributed by atoms with Crippen LogP contribution in [0.3, 0.4) is 0 Å². The predicted octanol–water partition coefficient (Wildman–Crippen LogP) is 2.92. The van der Waals surface area contributed by atoms with E-state index in [4.69, 9.17) is 4.74 Å². The van der Waals surface area contributed by atoms with Crippen molar-refractivity contribution in [3.63, 3.8) is 0 Å². The van der Waals surface area contributed by atoms with Crippen LogP contribution in [-0.4, -0.2) is 43.7 Å². The number of hydrogen-bond acceptors (Lipinski definition) is 3. The number of hydrogen-bond donors (Lipinski definition) is 1. The molecule has 1 amide bonds. The lowest BCUT2D eigenvalue weighted by molar-refractivity contribution is 0.0580. The van der Waals surface area contributed by atoms with Crippen LogP contribution in [0.5, 0.6) is 0 Å². The standard InChI is InChI=1S/C16H26N2O2/c1-6-17-15-9-8-12(3)10-14(15)16(19)18(7-2)13(4)11-20-5/h8-10,13,17H,6-7,11H2,1-5H3. The number of amides is 1. The number of rotatable bonds is 7. The van der Waals surface area contributed by atoms with Crippen LogP contribution in [0.15, 0.2) is 18.2 Å². The summed E-state index contributed by atoms with van der Waals surface area (Å²) >= 11 is 0. The molecule has 1 atom stereocenters. The monoisotopic (exact) mass is 278 g/mol. The van der Waals surface area contributed by atoms with E-state index in [2.05, 4.69) is 5.32 Å². The molecule has 1 aromatic rings. The number of methoxy groups -OCH3 is 1. The molecule has 112 valence electrons. The lowest BCUT2D eigenvalue weighted by atomic mass is 10.1. The molecule has 0 saturated carbocycles. The maximum atomic E-state index is 12.8. The Morgan fingerprint density at radius 3 is 2.65 bits per heavy atom. The molecule has 0 bridgehead atoms. The molecule has 4 nitrogen and oxygen atoms in total. The summed E-state index contributed by atoms with van der Waals surface area (Å²) in [4.78, 5) is 14.6. The number of benzene rings is 1. The fourth-order valence-corrected chi connectivity index (χ4v) is 2.32. The van der Waals surface area contributed by atoms with Crippen molar-refractivity contribution < 1.29 is 9.53 Å². The van der Waals surface area contributed by atoms with Crippen molar-refractivity contribution in [2.75, 3.05) is 32.1 Å². The van der Waals surface area contributed by atoms with Crippen molar-refractivity contribution in [1.29, 1.82) is 0 Å². The van der Waals surface area contributed by atoms with Gasteiger partial charge in [-0.05, 0) is 39.8 Å². The Morgan fingerprint density at radius 1 is 1.40 bits per heavy atom. The zero-order valence-electron chi connectivity index (χ0n) is 13.2. The number of aryl methyl sites for hydroxylation is 1. The first kappa shape index (κ1) is 16.5. The SMILES string of the molecule is CCNc1ccc(C)cc1C(=O)N(CC)C(C)COC. The van der Waals surface area contributed by atoms with Gasteiger partial charge in [-0.2, -0.15) is 0 Å². The van der Waals surface area contributed by atoms with Crippen LogP contribution in [0.1, 0.15) is 36.7 Å². The van der Waals surface area contributed by atoms with Crippen molar-refractivity contribution in [3.8, 4) is 0 Å². The molecular weight excluding hydrogens is 252 g/mol. The summed E-state index contributed by atoms with van der Waals surface area (Å²) < 4.78 is 5.16. The Balaban J connectivity index is 3.07. The molecule has 0 aliphatic carbocycles. The van der Waals surface area contributed by atoms with Crippen molar-refractivity contribution in [2.24, 2.45) is 0 Å². The van der Waals surface area contributed by atoms with Crippen LogP contribution < -0.4 is 5.32 Å². The average molecular weight is 278 g/mol. The van der Waals surface area contributed by atoms with Gasteiger partial charge in [0.15, 0.2) is 0 Å². The first-order valence-electron chi connectivity index (χ1n) is 7.19. The lowest BCUT2D eigenvalue weighted by Crippen LogP contribution is -2.41. The number of nitrogens with zero attached hydrogens (tertiary/aromatic N) is 1. The molecule has 0 spiro atoms. The van der Waals surface area contributed by atoms with Gasteiger partial charge in [-0.3, -0.25) is 4.79 Å². The smallest absolute Gasteiger partial charge is 0.256 e. The summed E-state index contributed by atoms with van der Waals surface area (Å²) in [7, 11) is 1.66. The Labute approximate surface area is 122 Å². The molecule has 0 aliphatic heterocycles. The van der Waals surface area contributed by atoms with Crippen molar-refractivity contribution >= 4 is 11.6 Å². The van der Waals surface area contributed by atoms with E-state index in [9.17, 15) is 4.79 Å². The van der Waals surface area contributed by atoms with Crippen LogP contribution in [0.25, 0.3) is 0 Å². The van der Waals surface area contributed by atoms with Crippen LogP contribution in [0.4, 0.5) is 5.69 Å². The van der Waals surface area contributed by atoms with Gasteiger partial charge < -0.3 is 15.0 Å². The molecule has 0 saturated heterocycles. The van der Waals surface area contributed by atoms with Gasteiger partial charge in [0.1, 0.15) is 0 Å². The maximum Gasteiger partial charge on any atom is 0.256 e. The summed E-state index contributed by atoms with van der Waals surface area (Å²) in [5.41, 5.74) is 2.72. The fraction of sp³-hybridized carbons (Fsp3) is 0.562. The number of carbonyl (C=O) groups excluding carboxylic acids is 1. The second-order valence-electron chi connectivity index (χ2n) is 4.97. The third-order valence-electron chi connectivity index (χ3n) is 3.31. The molecule has 1 N–H and O–H groups in total. The highest BCUT2D eigenvalue weighted by Crippen LogP contribution is 2.20. The molecule has 0 aromatic heterocycles. The van der Waals surface area contributed by atoms with Gasteiger partial charge in [0.05, 0.1) is 18.2 Å². The van der Waals surface area contributed by atoms with Gasteiger partial charge in [-0.15, -0.1) is 0 Å². The first-order valence-corrected chi connectivity index (χ1v) is 7.19. The minimum absolute atomic E-state index is 0.0525. The Morgan fingerprint density at radius 2 is 2.10 bits per heavy atom. The second kappa shape index (κ2) is 7.90. The van der Waals surface area contributed by atoms with Gasteiger partial charge in [0.25, 0.3) is 5.91 Å². The molecule has 0 heterocycles. The molecule has 20 heavy (non-hydrogen) atoms. The summed E-state index contributed by atoms with van der Waals surface area (Å²) in [5, 5.41) is 3.26. The van der Waals surface area contributed by atoms with E-state index in [0.717, 1.165) is 23.4 Å². The number of likely N-dealkylation sites (N-methyl/N-ethyl adjacent to an activating group) is 1. The van der Waals surface area contributed by atoms with Crippen LogP contribution in [0.2, 0.25) is 0 Å². The topological polar surface area (TPSA) is 41.6 Å². The van der Waals surface area contributed by atoms with E-state index < -0.39 is 0 Å². The first-order chi connectivity index (χ1) is 9.54. The van der Waals surface area contributed by atoms with Crippen LogP contribution in [0, 0.1) is 6.92 Å². The van der Waals surface area contributed by atoms with E-state index in [1.54, 1.807) is 7.11 Å². The minimum atomic E-state index is 0.0525. The highest BCUT2D eigenvalue weighted by Gasteiger charge is 2.22. The van der Waals surface area contributed by atoms with Gasteiger partial charge in [0.2, 0.25) is 0 Å². The van der Waals surface area contributed by atoms with E-state index in [1.165, 1.54) is 0 Å². The zero-order chi connectivity index (χ0) is 15.1. The van der Waals surface area contributed by atoms with Crippen molar-refractivity contribution in [2.45, 2.75) is 33.7 Å². The van der Waals surface area contributed by atoms with Crippen LogP contribution >= 0.6 is 0 Å². The number of carbonyl (C=O) groups is 1. The molecule has 1 aromatic carbocycles. The van der Waals surface area contributed by atoms with Gasteiger partial charge in [-0.1, -0.05) is 11.6 Å². The Bertz CT molecular complexity index is 446. The van der Waals surface area contributed by atoms with E-state index in [1.807, 2.05) is 50.8 Å². The summed E-state index contributed by atoms with van der Waals surface area (Å²) in [6.07, 6.45) is 0. The summed E-state index contributed by atoms with van der Waals surface area (Å²) in [5.74, 6) is 0.0525. The second-order valence-corrected chi connectivity index (χ2v) is 4.97. The van der Waals surface area contributed by atoms with Gasteiger partial charge in [0, 0.05) is 25.9 Å². The molecule has 0 radical (unpaired) electrons. The molecule has 0 fully saturated rings. The molecule has 0 aliphatic rings. The summed E-state index contributed by atoms with van der Waals surface area (Å²) in [6.45, 7) is 10.0.